The molecular weight excluding hydrogens is 460 g/mol. The van der Waals surface area contributed by atoms with E-state index in [0.29, 0.717) is 5.69 Å². The molecular formula is C23H27BrN4O3. The summed E-state index contributed by atoms with van der Waals surface area (Å²) in [6.07, 6.45) is 1.43. The van der Waals surface area contributed by atoms with Gasteiger partial charge in [0.25, 0.3) is 0 Å². The van der Waals surface area contributed by atoms with Crippen LogP contribution in [-0.4, -0.2) is 65.7 Å². The highest BCUT2D eigenvalue weighted by atomic mass is 79.9. The second-order valence-electron chi connectivity index (χ2n) is 8.27. The van der Waals surface area contributed by atoms with Gasteiger partial charge in [-0.25, -0.2) is 4.79 Å². The molecule has 2 aliphatic rings. The van der Waals surface area contributed by atoms with Crippen molar-refractivity contribution in [2.75, 3.05) is 37.3 Å². The van der Waals surface area contributed by atoms with Crippen molar-refractivity contribution in [3.63, 3.8) is 0 Å². The highest BCUT2D eigenvalue weighted by Crippen LogP contribution is 2.24. The topological polar surface area (TPSA) is 84.9 Å². The number of β-amino-alcohol motifs (C(OH)–C–C–N with tert-alkyl or cyclic N) is 1. The first-order valence-corrected chi connectivity index (χ1v) is 11.3. The minimum absolute atomic E-state index is 0.122. The van der Waals surface area contributed by atoms with Gasteiger partial charge in [0.1, 0.15) is 6.04 Å². The first kappa shape index (κ1) is 21.8. The van der Waals surface area contributed by atoms with Crippen LogP contribution in [0.2, 0.25) is 0 Å². The van der Waals surface area contributed by atoms with Gasteiger partial charge in [-0.1, -0.05) is 22.0 Å². The molecule has 0 aromatic heterocycles. The molecule has 4 rings (SSSR count). The SMILES string of the molecule is CN1CCc2ccc(NC(=O)C3CC(O)CN3C(=O)Nc3ccc(Br)cc3)cc2CC1. The second kappa shape index (κ2) is 9.38. The molecule has 164 valence electrons. The standard InChI is InChI=1S/C23H27BrN4O3/c1-27-10-8-15-2-5-19(12-16(15)9-11-27)25-22(30)21-13-20(29)14-28(21)23(31)26-18-6-3-17(24)4-7-18/h2-7,12,20-21,29H,8-11,13-14H2,1H3,(H,25,30)(H,26,31). The van der Waals surface area contributed by atoms with Crippen molar-refractivity contribution in [2.45, 2.75) is 31.4 Å². The van der Waals surface area contributed by atoms with Crippen LogP contribution < -0.4 is 10.6 Å². The van der Waals surface area contributed by atoms with Crippen molar-refractivity contribution in [3.05, 3.63) is 58.1 Å². The summed E-state index contributed by atoms with van der Waals surface area (Å²) in [5.74, 6) is -0.284. The number of fused-ring (bicyclic) bond motifs is 1. The zero-order valence-corrected chi connectivity index (χ0v) is 19.1. The summed E-state index contributed by atoms with van der Waals surface area (Å²) in [4.78, 5) is 29.5. The Morgan fingerprint density at radius 1 is 1.00 bits per heavy atom. The smallest absolute Gasteiger partial charge is 0.322 e. The van der Waals surface area contributed by atoms with Crippen LogP contribution in [0.4, 0.5) is 16.2 Å². The first-order valence-electron chi connectivity index (χ1n) is 10.5. The van der Waals surface area contributed by atoms with Gasteiger partial charge in [0.2, 0.25) is 5.91 Å². The van der Waals surface area contributed by atoms with Gasteiger partial charge in [-0.05, 0) is 67.4 Å². The minimum Gasteiger partial charge on any atom is -0.391 e. The molecule has 2 aromatic rings. The lowest BCUT2D eigenvalue weighted by atomic mass is 10.0. The molecule has 1 saturated heterocycles. The predicted octanol–water partition coefficient (Wildman–Crippen LogP) is 3.09. The van der Waals surface area contributed by atoms with Crippen LogP contribution in [-0.2, 0) is 17.6 Å². The Balaban J connectivity index is 1.44. The number of nitrogens with zero attached hydrogens (tertiary/aromatic N) is 2. The summed E-state index contributed by atoms with van der Waals surface area (Å²) in [5.41, 5.74) is 3.92. The summed E-state index contributed by atoms with van der Waals surface area (Å²) < 4.78 is 0.909. The maximum absolute atomic E-state index is 13.0. The van der Waals surface area contributed by atoms with E-state index in [1.165, 1.54) is 16.0 Å². The average Bonchev–Trinajstić information content (AvgIpc) is 3.05. The van der Waals surface area contributed by atoms with Crippen molar-refractivity contribution in [2.24, 2.45) is 0 Å². The molecule has 0 saturated carbocycles. The highest BCUT2D eigenvalue weighted by molar-refractivity contribution is 9.10. The van der Waals surface area contributed by atoms with E-state index in [9.17, 15) is 14.7 Å². The second-order valence-corrected chi connectivity index (χ2v) is 9.19. The van der Waals surface area contributed by atoms with Gasteiger partial charge in [-0.3, -0.25) is 4.79 Å². The van der Waals surface area contributed by atoms with Crippen molar-refractivity contribution >= 4 is 39.2 Å². The first-order chi connectivity index (χ1) is 14.9. The molecule has 2 aliphatic heterocycles. The van der Waals surface area contributed by atoms with E-state index in [1.807, 2.05) is 24.3 Å². The van der Waals surface area contributed by atoms with Gasteiger partial charge in [0.05, 0.1) is 6.10 Å². The fourth-order valence-electron chi connectivity index (χ4n) is 4.16. The molecule has 31 heavy (non-hydrogen) atoms. The van der Waals surface area contributed by atoms with E-state index in [2.05, 4.69) is 44.6 Å². The number of likely N-dealkylation sites (N-methyl/N-ethyl adjacent to an activating group) is 1. The Hall–Kier alpha value is -2.42. The van der Waals surface area contributed by atoms with Gasteiger partial charge in [-0.15, -0.1) is 0 Å². The molecule has 2 unspecified atom stereocenters. The number of amides is 3. The maximum Gasteiger partial charge on any atom is 0.322 e. The number of carbonyl (C=O) groups excluding carboxylic acids is 2. The Bertz CT molecular complexity index is 966. The van der Waals surface area contributed by atoms with Crippen LogP contribution in [0, 0.1) is 0 Å². The summed E-state index contributed by atoms with van der Waals surface area (Å²) in [6.45, 7) is 2.14. The third-order valence-corrected chi connectivity index (χ3v) is 6.47. The summed E-state index contributed by atoms with van der Waals surface area (Å²) in [6, 6.07) is 12.1. The Morgan fingerprint density at radius 3 is 2.42 bits per heavy atom. The molecule has 2 aromatic carbocycles. The number of halogens is 1. The number of likely N-dealkylation sites (tertiary alicyclic amines) is 1. The number of urea groups is 1. The average molecular weight is 487 g/mol. The number of carbonyl (C=O) groups is 2. The van der Waals surface area contributed by atoms with Crippen LogP contribution in [0.25, 0.3) is 0 Å². The van der Waals surface area contributed by atoms with E-state index in [1.54, 1.807) is 12.1 Å². The van der Waals surface area contributed by atoms with E-state index in [0.717, 1.165) is 36.1 Å². The number of nitrogens with one attached hydrogen (secondary N) is 2. The molecule has 0 bridgehead atoms. The third-order valence-electron chi connectivity index (χ3n) is 5.94. The molecule has 3 N–H and O–H groups in total. The highest BCUT2D eigenvalue weighted by Gasteiger charge is 2.39. The fourth-order valence-corrected chi connectivity index (χ4v) is 4.42. The van der Waals surface area contributed by atoms with Gasteiger partial charge >= 0.3 is 6.03 Å². The van der Waals surface area contributed by atoms with Crippen LogP contribution in [0.5, 0.6) is 0 Å². The maximum atomic E-state index is 13.0. The monoisotopic (exact) mass is 486 g/mol. The van der Waals surface area contributed by atoms with Crippen molar-refractivity contribution in [3.8, 4) is 0 Å². The van der Waals surface area contributed by atoms with Gasteiger partial charge in [0.15, 0.2) is 0 Å². The molecule has 0 radical (unpaired) electrons. The number of aliphatic hydroxyl groups excluding tert-OH is 1. The van der Waals surface area contributed by atoms with E-state index < -0.39 is 18.2 Å². The van der Waals surface area contributed by atoms with Gasteiger partial charge in [0, 0.05) is 41.9 Å². The van der Waals surface area contributed by atoms with E-state index in [4.69, 9.17) is 0 Å². The fraction of sp³-hybridized carbons (Fsp3) is 0.391. The number of hydrogen-bond donors (Lipinski definition) is 3. The van der Waals surface area contributed by atoms with Crippen LogP contribution in [0.1, 0.15) is 17.5 Å². The van der Waals surface area contributed by atoms with E-state index in [-0.39, 0.29) is 18.9 Å². The van der Waals surface area contributed by atoms with E-state index >= 15 is 0 Å². The molecule has 3 amide bonds. The van der Waals surface area contributed by atoms with Gasteiger partial charge < -0.3 is 25.5 Å². The molecule has 2 heterocycles. The Labute approximate surface area is 190 Å². The number of hydrogen-bond acceptors (Lipinski definition) is 4. The zero-order chi connectivity index (χ0) is 22.0. The molecule has 2 atom stereocenters. The Kier molecular flexibility index (Phi) is 6.60. The number of rotatable bonds is 3. The van der Waals surface area contributed by atoms with Gasteiger partial charge in [-0.2, -0.15) is 0 Å². The summed E-state index contributed by atoms with van der Waals surface area (Å²) in [5, 5.41) is 15.9. The lowest BCUT2D eigenvalue weighted by molar-refractivity contribution is -0.119. The summed E-state index contributed by atoms with van der Waals surface area (Å²) >= 11 is 3.36. The van der Waals surface area contributed by atoms with Crippen LogP contribution in [0.15, 0.2) is 46.9 Å². The van der Waals surface area contributed by atoms with Crippen LogP contribution >= 0.6 is 15.9 Å². The van der Waals surface area contributed by atoms with Crippen molar-refractivity contribution in [1.29, 1.82) is 0 Å². The third kappa shape index (κ3) is 5.26. The normalized spacial score (nSPS) is 21.3. The molecule has 0 aliphatic carbocycles. The largest absolute Gasteiger partial charge is 0.391 e. The number of anilines is 2. The minimum atomic E-state index is -0.728. The van der Waals surface area contributed by atoms with Crippen molar-refractivity contribution < 1.29 is 14.7 Å². The lowest BCUT2D eigenvalue weighted by Crippen LogP contribution is -2.45. The number of benzene rings is 2. The van der Waals surface area contributed by atoms with Crippen LogP contribution in [0.3, 0.4) is 0 Å². The van der Waals surface area contributed by atoms with Crippen molar-refractivity contribution in [1.82, 2.24) is 9.80 Å². The molecule has 8 heteroatoms. The summed E-state index contributed by atoms with van der Waals surface area (Å²) in [7, 11) is 2.12. The predicted molar refractivity (Wildman–Crippen MR) is 124 cm³/mol. The lowest BCUT2D eigenvalue weighted by Gasteiger charge is -2.24. The number of aliphatic hydroxyl groups is 1. The molecule has 1 fully saturated rings. The Morgan fingerprint density at radius 2 is 1.68 bits per heavy atom. The molecule has 0 spiro atoms. The molecule has 7 nitrogen and oxygen atoms in total. The zero-order valence-electron chi connectivity index (χ0n) is 17.5. The quantitative estimate of drug-likeness (QED) is 0.622.